The van der Waals surface area contributed by atoms with Crippen LogP contribution in [0.4, 0.5) is 0 Å². The van der Waals surface area contributed by atoms with Gasteiger partial charge >= 0.3 is 0 Å². The average molecular weight is 514 g/mol. The van der Waals surface area contributed by atoms with Gasteiger partial charge in [0.15, 0.2) is 11.8 Å². The Morgan fingerprint density at radius 2 is 2.00 bits per heavy atom. The second kappa shape index (κ2) is 13.5. The summed E-state index contributed by atoms with van der Waals surface area (Å²) in [6, 6.07) is 6.05. The van der Waals surface area contributed by atoms with Crippen LogP contribution in [-0.4, -0.2) is 45.5 Å². The van der Waals surface area contributed by atoms with Crippen LogP contribution in [0.2, 0.25) is 0 Å². The lowest BCUT2D eigenvalue weighted by Gasteiger charge is -2.18. The van der Waals surface area contributed by atoms with E-state index in [9.17, 15) is 5.11 Å². The van der Waals surface area contributed by atoms with E-state index in [1.54, 1.807) is 0 Å². The van der Waals surface area contributed by atoms with Crippen molar-refractivity contribution in [2.75, 3.05) is 19.7 Å². The molecule has 1 atom stereocenters. The lowest BCUT2D eigenvalue weighted by atomic mass is 10.0. The Balaban J connectivity index is 0.00000420. The van der Waals surface area contributed by atoms with Gasteiger partial charge in [0.25, 0.3) is 0 Å². The molecule has 0 amide bonds. The van der Waals surface area contributed by atoms with Gasteiger partial charge in [0.1, 0.15) is 0 Å². The Kier molecular flexibility index (Phi) is 11.8. The Morgan fingerprint density at radius 3 is 2.55 bits per heavy atom. The molecule has 1 unspecified atom stereocenters. The van der Waals surface area contributed by atoms with Gasteiger partial charge in [-0.1, -0.05) is 19.4 Å². The Morgan fingerprint density at radius 1 is 1.21 bits per heavy atom. The van der Waals surface area contributed by atoms with Crippen LogP contribution in [0.1, 0.15) is 50.1 Å². The first-order valence-electron chi connectivity index (χ1n) is 10.2. The smallest absolute Gasteiger partial charge is 0.191 e. The van der Waals surface area contributed by atoms with Gasteiger partial charge < -0.3 is 15.7 Å². The summed E-state index contributed by atoms with van der Waals surface area (Å²) in [5, 5.41) is 20.4. The highest BCUT2D eigenvalue weighted by Crippen LogP contribution is 2.11. The highest BCUT2D eigenvalue weighted by atomic mass is 127. The first-order chi connectivity index (χ1) is 13.6. The average Bonchev–Trinajstić information content (AvgIpc) is 3.02. The van der Waals surface area contributed by atoms with Gasteiger partial charge in [-0.2, -0.15) is 5.10 Å². The number of hydrogen-bond donors (Lipinski definition) is 3. The quantitative estimate of drug-likeness (QED) is 0.257. The Bertz CT molecular complexity index is 738. The van der Waals surface area contributed by atoms with Crippen LogP contribution in [-0.2, 0) is 6.54 Å². The SMILES string of the molecule is CCCC(CCO)CNC(=NCc1ccc(-n2nc(C)cc2C)nc1)NCC.I. The molecule has 162 valence electrons. The van der Waals surface area contributed by atoms with E-state index in [2.05, 4.69) is 39.6 Å². The van der Waals surface area contributed by atoms with Crippen LogP contribution < -0.4 is 10.6 Å². The third-order valence-corrected chi connectivity index (χ3v) is 4.59. The highest BCUT2D eigenvalue weighted by molar-refractivity contribution is 14.0. The maximum absolute atomic E-state index is 9.22. The van der Waals surface area contributed by atoms with Crippen LogP contribution in [0.25, 0.3) is 5.82 Å². The van der Waals surface area contributed by atoms with E-state index in [1.165, 1.54) is 0 Å². The van der Waals surface area contributed by atoms with Crippen molar-refractivity contribution < 1.29 is 5.11 Å². The predicted octanol–water partition coefficient (Wildman–Crippen LogP) is 3.36. The lowest BCUT2D eigenvalue weighted by molar-refractivity contribution is 0.251. The topological polar surface area (TPSA) is 87.4 Å². The van der Waals surface area contributed by atoms with Gasteiger partial charge in [0, 0.05) is 31.6 Å². The molecule has 0 saturated heterocycles. The van der Waals surface area contributed by atoms with Crippen molar-refractivity contribution in [1.29, 1.82) is 0 Å². The van der Waals surface area contributed by atoms with E-state index in [4.69, 9.17) is 0 Å². The minimum atomic E-state index is 0. The van der Waals surface area contributed by atoms with Crippen LogP contribution in [0.3, 0.4) is 0 Å². The zero-order valence-electron chi connectivity index (χ0n) is 18.0. The van der Waals surface area contributed by atoms with Gasteiger partial charge in [-0.05, 0) is 57.2 Å². The molecule has 0 saturated carbocycles. The van der Waals surface area contributed by atoms with Crippen molar-refractivity contribution in [3.05, 3.63) is 41.3 Å². The molecule has 3 N–H and O–H groups in total. The van der Waals surface area contributed by atoms with E-state index in [0.29, 0.717) is 12.5 Å². The molecule has 0 bridgehead atoms. The summed E-state index contributed by atoms with van der Waals surface area (Å²) in [6.45, 7) is 10.6. The van der Waals surface area contributed by atoms with E-state index in [1.807, 2.05) is 42.9 Å². The molecule has 0 aliphatic heterocycles. The standard InChI is InChI=1S/C21H34N6O.HI/c1-5-7-18(10-11-28)13-24-21(22-6-2)25-15-19-8-9-20(23-14-19)27-17(4)12-16(3)26-27;/h8-9,12,14,18,28H,5-7,10-11,13,15H2,1-4H3,(H2,22,24,25);1H. The fourth-order valence-electron chi connectivity index (χ4n) is 3.19. The van der Waals surface area contributed by atoms with Crippen molar-refractivity contribution in [3.8, 4) is 5.82 Å². The number of aliphatic hydroxyl groups excluding tert-OH is 1. The normalized spacial score (nSPS) is 12.4. The number of pyridine rings is 1. The fourth-order valence-corrected chi connectivity index (χ4v) is 3.19. The van der Waals surface area contributed by atoms with Crippen LogP contribution >= 0.6 is 24.0 Å². The molecule has 0 aliphatic carbocycles. The van der Waals surface area contributed by atoms with Gasteiger partial charge in [0.2, 0.25) is 0 Å². The number of aryl methyl sites for hydroxylation is 2. The van der Waals surface area contributed by atoms with Gasteiger partial charge in [-0.15, -0.1) is 24.0 Å². The molecule has 2 heterocycles. The number of nitrogens with zero attached hydrogens (tertiary/aromatic N) is 4. The molecule has 8 heteroatoms. The fraction of sp³-hybridized carbons (Fsp3) is 0.571. The van der Waals surface area contributed by atoms with Gasteiger partial charge in [0.05, 0.1) is 12.2 Å². The molecule has 29 heavy (non-hydrogen) atoms. The maximum Gasteiger partial charge on any atom is 0.191 e. The molecule has 0 spiro atoms. The van der Waals surface area contributed by atoms with Crippen LogP contribution in [0.5, 0.6) is 0 Å². The predicted molar refractivity (Wildman–Crippen MR) is 129 cm³/mol. The monoisotopic (exact) mass is 514 g/mol. The first kappa shape index (κ1) is 25.4. The van der Waals surface area contributed by atoms with Crippen LogP contribution in [0.15, 0.2) is 29.4 Å². The number of halogens is 1. The van der Waals surface area contributed by atoms with E-state index < -0.39 is 0 Å². The van der Waals surface area contributed by atoms with Gasteiger partial charge in [-0.3, -0.25) is 0 Å². The number of nitrogens with one attached hydrogen (secondary N) is 2. The zero-order valence-corrected chi connectivity index (χ0v) is 20.3. The largest absolute Gasteiger partial charge is 0.396 e. The summed E-state index contributed by atoms with van der Waals surface area (Å²) in [6.07, 6.45) is 4.89. The number of aliphatic hydroxyl groups is 1. The summed E-state index contributed by atoms with van der Waals surface area (Å²) >= 11 is 0. The number of guanidine groups is 1. The second-order valence-electron chi connectivity index (χ2n) is 7.11. The first-order valence-corrected chi connectivity index (χ1v) is 10.2. The molecule has 0 aliphatic rings. The van der Waals surface area contributed by atoms with E-state index in [-0.39, 0.29) is 30.6 Å². The summed E-state index contributed by atoms with van der Waals surface area (Å²) in [4.78, 5) is 9.20. The maximum atomic E-state index is 9.22. The van der Waals surface area contributed by atoms with Crippen molar-refractivity contribution in [3.63, 3.8) is 0 Å². The molecule has 2 rings (SSSR count). The minimum absolute atomic E-state index is 0. The minimum Gasteiger partial charge on any atom is -0.396 e. The molecular weight excluding hydrogens is 479 g/mol. The van der Waals surface area contributed by atoms with Crippen LogP contribution in [0, 0.1) is 19.8 Å². The summed E-state index contributed by atoms with van der Waals surface area (Å²) in [5.41, 5.74) is 3.10. The van der Waals surface area contributed by atoms with Crippen molar-refractivity contribution in [1.82, 2.24) is 25.4 Å². The molecular formula is C21H35IN6O. The van der Waals surface area contributed by atoms with E-state index >= 15 is 0 Å². The number of rotatable bonds is 10. The zero-order chi connectivity index (χ0) is 20.4. The van der Waals surface area contributed by atoms with Gasteiger partial charge in [-0.25, -0.2) is 14.7 Å². The Hall–Kier alpha value is -1.68. The molecule has 2 aromatic rings. The number of aliphatic imine (C=N–C) groups is 1. The van der Waals surface area contributed by atoms with E-state index in [0.717, 1.165) is 61.1 Å². The van der Waals surface area contributed by atoms with Crippen molar-refractivity contribution in [2.24, 2.45) is 10.9 Å². The molecule has 0 fully saturated rings. The number of aromatic nitrogens is 3. The molecule has 2 aromatic heterocycles. The van der Waals surface area contributed by atoms with Crippen molar-refractivity contribution in [2.45, 2.75) is 53.5 Å². The van der Waals surface area contributed by atoms with Crippen molar-refractivity contribution >= 4 is 29.9 Å². The molecule has 7 nitrogen and oxygen atoms in total. The Labute approximate surface area is 191 Å². The number of hydrogen-bond acceptors (Lipinski definition) is 4. The summed E-state index contributed by atoms with van der Waals surface area (Å²) in [7, 11) is 0. The molecule has 0 radical (unpaired) electrons. The third kappa shape index (κ3) is 8.30. The summed E-state index contributed by atoms with van der Waals surface area (Å²) < 4.78 is 1.85. The lowest BCUT2D eigenvalue weighted by Crippen LogP contribution is -2.40. The third-order valence-electron chi connectivity index (χ3n) is 4.59. The second-order valence-corrected chi connectivity index (χ2v) is 7.11. The highest BCUT2D eigenvalue weighted by Gasteiger charge is 2.09. The summed E-state index contributed by atoms with van der Waals surface area (Å²) in [5.74, 6) is 2.07. The molecule has 0 aromatic carbocycles.